The molecule has 0 bridgehead atoms. The number of aromatic nitrogens is 2. The first-order valence-electron chi connectivity index (χ1n) is 6.18. The lowest BCUT2D eigenvalue weighted by Gasteiger charge is -2.16. The number of rotatable bonds is 3. The maximum absolute atomic E-state index is 13.2. The highest BCUT2D eigenvalue weighted by molar-refractivity contribution is 5.95. The summed E-state index contributed by atoms with van der Waals surface area (Å²) in [5, 5.41) is 10.9. The van der Waals surface area contributed by atoms with Gasteiger partial charge in [-0.3, -0.25) is 0 Å². The number of hydrogen-bond acceptors (Lipinski definition) is 5. The van der Waals surface area contributed by atoms with Gasteiger partial charge in [0, 0.05) is 6.04 Å². The van der Waals surface area contributed by atoms with Crippen LogP contribution < -0.4 is 11.1 Å². The Labute approximate surface area is 114 Å². The van der Waals surface area contributed by atoms with E-state index in [0.717, 1.165) is 11.3 Å². The minimum absolute atomic E-state index is 0.0887. The third-order valence-corrected chi connectivity index (χ3v) is 3.17. The largest absolute Gasteiger partial charge is 0.397 e. The van der Waals surface area contributed by atoms with E-state index in [1.807, 2.05) is 13.0 Å². The van der Waals surface area contributed by atoms with Crippen LogP contribution in [0.1, 0.15) is 18.5 Å². The van der Waals surface area contributed by atoms with E-state index >= 15 is 0 Å². The molecule has 0 saturated heterocycles. The van der Waals surface area contributed by atoms with Gasteiger partial charge in [0.2, 0.25) is 0 Å². The lowest BCUT2D eigenvalue weighted by Crippen LogP contribution is -2.07. The van der Waals surface area contributed by atoms with Gasteiger partial charge in [-0.25, -0.2) is 9.02 Å². The molecule has 5 nitrogen and oxygen atoms in total. The number of nitrogens with zero attached hydrogens (tertiary/aromatic N) is 2. The van der Waals surface area contributed by atoms with Crippen molar-refractivity contribution < 1.29 is 9.02 Å². The van der Waals surface area contributed by atoms with Crippen molar-refractivity contribution >= 4 is 22.4 Å². The van der Waals surface area contributed by atoms with Crippen LogP contribution in [-0.2, 0) is 0 Å². The van der Waals surface area contributed by atoms with E-state index in [0.29, 0.717) is 16.7 Å². The first kappa shape index (κ1) is 12.4. The minimum Gasteiger partial charge on any atom is -0.397 e. The Bertz CT molecular complexity index is 756. The molecule has 0 saturated carbocycles. The second kappa shape index (κ2) is 4.80. The zero-order chi connectivity index (χ0) is 14.1. The SMILES string of the molecule is CC(Nc1ccc(N)c2nonc12)c1cccc(F)c1. The van der Waals surface area contributed by atoms with Crippen LogP contribution in [0.2, 0.25) is 0 Å². The topological polar surface area (TPSA) is 77.0 Å². The summed E-state index contributed by atoms with van der Waals surface area (Å²) in [7, 11) is 0. The molecule has 0 amide bonds. The van der Waals surface area contributed by atoms with Crippen LogP contribution in [0.4, 0.5) is 15.8 Å². The molecule has 0 fully saturated rings. The van der Waals surface area contributed by atoms with E-state index in [-0.39, 0.29) is 11.9 Å². The Morgan fingerprint density at radius 3 is 2.80 bits per heavy atom. The first-order chi connectivity index (χ1) is 9.65. The molecule has 0 spiro atoms. The summed E-state index contributed by atoms with van der Waals surface area (Å²) < 4.78 is 18.0. The van der Waals surface area contributed by atoms with Gasteiger partial charge in [-0.15, -0.1) is 0 Å². The predicted octanol–water partition coefficient (Wildman–Crippen LogP) is 3.12. The van der Waals surface area contributed by atoms with Gasteiger partial charge in [0.1, 0.15) is 5.82 Å². The van der Waals surface area contributed by atoms with Gasteiger partial charge in [-0.05, 0) is 47.1 Å². The van der Waals surface area contributed by atoms with Gasteiger partial charge >= 0.3 is 0 Å². The molecule has 1 heterocycles. The van der Waals surface area contributed by atoms with E-state index < -0.39 is 0 Å². The van der Waals surface area contributed by atoms with E-state index in [1.54, 1.807) is 18.2 Å². The van der Waals surface area contributed by atoms with Crippen molar-refractivity contribution in [2.75, 3.05) is 11.1 Å². The molecule has 2 aromatic carbocycles. The Kier molecular flexibility index (Phi) is 2.98. The number of fused-ring (bicyclic) bond motifs is 1. The molecule has 1 atom stereocenters. The second-order valence-corrected chi connectivity index (χ2v) is 4.58. The van der Waals surface area contributed by atoms with Crippen molar-refractivity contribution in [3.63, 3.8) is 0 Å². The lowest BCUT2D eigenvalue weighted by atomic mass is 10.1. The summed E-state index contributed by atoms with van der Waals surface area (Å²) in [6, 6.07) is 9.89. The maximum atomic E-state index is 13.2. The van der Waals surface area contributed by atoms with E-state index in [9.17, 15) is 4.39 Å². The highest BCUT2D eigenvalue weighted by Crippen LogP contribution is 2.28. The summed E-state index contributed by atoms with van der Waals surface area (Å²) >= 11 is 0. The average Bonchev–Trinajstić information content (AvgIpc) is 2.92. The van der Waals surface area contributed by atoms with Crippen LogP contribution in [0.5, 0.6) is 0 Å². The van der Waals surface area contributed by atoms with Crippen molar-refractivity contribution in [2.45, 2.75) is 13.0 Å². The molecule has 6 heteroatoms. The number of nitrogens with one attached hydrogen (secondary N) is 1. The van der Waals surface area contributed by atoms with Crippen molar-refractivity contribution in [1.29, 1.82) is 0 Å². The van der Waals surface area contributed by atoms with Gasteiger partial charge < -0.3 is 11.1 Å². The predicted molar refractivity (Wildman–Crippen MR) is 74.7 cm³/mol. The lowest BCUT2D eigenvalue weighted by molar-refractivity contribution is 0.315. The standard InChI is InChI=1S/C14H13FN4O/c1-8(9-3-2-4-10(15)7-9)17-12-6-5-11(16)13-14(12)19-20-18-13/h2-8,17H,16H2,1H3. The summed E-state index contributed by atoms with van der Waals surface area (Å²) in [4.78, 5) is 0. The van der Waals surface area contributed by atoms with Crippen molar-refractivity contribution in [2.24, 2.45) is 0 Å². The van der Waals surface area contributed by atoms with Gasteiger partial charge in [0.05, 0.1) is 11.4 Å². The van der Waals surface area contributed by atoms with Gasteiger partial charge in [-0.2, -0.15) is 0 Å². The number of benzene rings is 2. The van der Waals surface area contributed by atoms with Gasteiger partial charge in [0.15, 0.2) is 11.0 Å². The molecule has 0 aliphatic carbocycles. The van der Waals surface area contributed by atoms with Gasteiger partial charge in [0.25, 0.3) is 0 Å². The summed E-state index contributed by atoms with van der Waals surface area (Å²) in [6.07, 6.45) is 0. The highest BCUT2D eigenvalue weighted by atomic mass is 19.1. The number of nitrogens with two attached hydrogens (primary N) is 1. The maximum Gasteiger partial charge on any atom is 0.160 e. The Hall–Kier alpha value is -2.63. The molecule has 20 heavy (non-hydrogen) atoms. The number of nitrogen functional groups attached to an aromatic ring is 1. The third-order valence-electron chi connectivity index (χ3n) is 3.17. The van der Waals surface area contributed by atoms with Crippen LogP contribution in [0, 0.1) is 5.82 Å². The van der Waals surface area contributed by atoms with Crippen LogP contribution >= 0.6 is 0 Å². The summed E-state index contributed by atoms with van der Waals surface area (Å²) in [5.74, 6) is -0.262. The van der Waals surface area contributed by atoms with Gasteiger partial charge in [-0.1, -0.05) is 12.1 Å². The van der Waals surface area contributed by atoms with Crippen molar-refractivity contribution in [3.05, 3.63) is 47.8 Å². The zero-order valence-corrected chi connectivity index (χ0v) is 10.8. The fraction of sp³-hybridized carbons (Fsp3) is 0.143. The highest BCUT2D eigenvalue weighted by Gasteiger charge is 2.13. The van der Waals surface area contributed by atoms with Crippen molar-refractivity contribution in [1.82, 2.24) is 10.3 Å². The molecule has 0 radical (unpaired) electrons. The molecular formula is C14H13FN4O. The first-order valence-corrected chi connectivity index (χ1v) is 6.18. The van der Waals surface area contributed by atoms with Crippen LogP contribution in [0.3, 0.4) is 0 Å². The fourth-order valence-corrected chi connectivity index (χ4v) is 2.09. The van der Waals surface area contributed by atoms with Crippen LogP contribution in [-0.4, -0.2) is 10.3 Å². The molecule has 3 N–H and O–H groups in total. The summed E-state index contributed by atoms with van der Waals surface area (Å²) in [5.41, 5.74) is 8.96. The van der Waals surface area contributed by atoms with E-state index in [1.165, 1.54) is 12.1 Å². The Balaban J connectivity index is 1.93. The molecule has 3 aromatic rings. The molecule has 1 unspecified atom stereocenters. The van der Waals surface area contributed by atoms with E-state index in [4.69, 9.17) is 10.4 Å². The Morgan fingerprint density at radius 1 is 1.20 bits per heavy atom. The molecule has 1 aromatic heterocycles. The van der Waals surface area contributed by atoms with Crippen LogP contribution in [0.25, 0.3) is 11.0 Å². The molecular weight excluding hydrogens is 259 g/mol. The number of halogens is 1. The minimum atomic E-state index is -0.262. The number of hydrogen-bond donors (Lipinski definition) is 2. The molecule has 3 rings (SSSR count). The fourth-order valence-electron chi connectivity index (χ4n) is 2.09. The second-order valence-electron chi connectivity index (χ2n) is 4.58. The zero-order valence-electron chi connectivity index (χ0n) is 10.8. The van der Waals surface area contributed by atoms with E-state index in [2.05, 4.69) is 15.6 Å². The molecule has 102 valence electrons. The van der Waals surface area contributed by atoms with Crippen LogP contribution in [0.15, 0.2) is 41.0 Å². The third kappa shape index (κ3) is 2.16. The Morgan fingerprint density at radius 2 is 2.00 bits per heavy atom. The number of anilines is 2. The smallest absolute Gasteiger partial charge is 0.160 e. The van der Waals surface area contributed by atoms with Crippen molar-refractivity contribution in [3.8, 4) is 0 Å². The summed E-state index contributed by atoms with van der Waals surface area (Å²) in [6.45, 7) is 1.93. The monoisotopic (exact) mass is 272 g/mol. The molecule has 0 aliphatic rings. The normalized spacial score (nSPS) is 12.5. The quantitative estimate of drug-likeness (QED) is 0.716. The molecule has 0 aliphatic heterocycles. The average molecular weight is 272 g/mol.